The number of benzene rings is 2. The Bertz CT molecular complexity index is 1360. The van der Waals surface area contributed by atoms with E-state index in [0.29, 0.717) is 29.4 Å². The van der Waals surface area contributed by atoms with E-state index < -0.39 is 0 Å². The molecule has 0 atom stereocenters. The third-order valence-corrected chi connectivity index (χ3v) is 6.94. The first-order chi connectivity index (χ1) is 15.7. The van der Waals surface area contributed by atoms with Gasteiger partial charge in [0.15, 0.2) is 5.16 Å². The largest absolute Gasteiger partial charge is 0.337 e. The molecule has 0 unspecified atom stereocenters. The Morgan fingerprint density at radius 3 is 2.69 bits per heavy atom. The molecule has 5 rings (SSSR count). The van der Waals surface area contributed by atoms with E-state index in [1.54, 1.807) is 4.57 Å². The summed E-state index contributed by atoms with van der Waals surface area (Å²) >= 11 is 1.38. The molecule has 3 heterocycles. The van der Waals surface area contributed by atoms with E-state index in [1.807, 2.05) is 45.7 Å². The number of para-hydroxylation sites is 1. The zero-order valence-electron chi connectivity index (χ0n) is 18.0. The number of carbonyl (C=O) groups is 1. The standard InChI is InChI=1S/C24H25N5O2S/c1-2-3-13-28-22(31)19-10-6-7-11-20(19)29-23(28)25-26-24(29)32-16-21(30)27-14-12-17-8-4-5-9-18(17)15-27/h4-11H,2-3,12-16H2,1H3. The number of unbranched alkanes of at least 4 members (excludes halogenated alkanes) is 1. The van der Waals surface area contributed by atoms with Gasteiger partial charge < -0.3 is 4.90 Å². The maximum atomic E-state index is 13.0. The fourth-order valence-electron chi connectivity index (χ4n) is 4.27. The van der Waals surface area contributed by atoms with Crippen molar-refractivity contribution in [3.05, 3.63) is 70.0 Å². The van der Waals surface area contributed by atoms with Gasteiger partial charge in [-0.05, 0) is 36.1 Å². The lowest BCUT2D eigenvalue weighted by atomic mass is 10.00. The molecule has 1 amide bonds. The van der Waals surface area contributed by atoms with E-state index in [2.05, 4.69) is 29.3 Å². The molecular formula is C24H25N5O2S. The topological polar surface area (TPSA) is 72.5 Å². The highest BCUT2D eigenvalue weighted by Gasteiger charge is 2.22. The molecule has 8 heteroatoms. The van der Waals surface area contributed by atoms with Crippen molar-refractivity contribution >= 4 is 34.3 Å². The molecule has 32 heavy (non-hydrogen) atoms. The molecule has 0 spiro atoms. The van der Waals surface area contributed by atoms with Crippen LogP contribution >= 0.6 is 11.8 Å². The Balaban J connectivity index is 1.43. The van der Waals surface area contributed by atoms with Gasteiger partial charge in [-0.3, -0.25) is 18.6 Å². The van der Waals surface area contributed by atoms with Crippen molar-refractivity contribution in [2.45, 2.75) is 44.4 Å². The Hall–Kier alpha value is -3.13. The maximum Gasteiger partial charge on any atom is 0.262 e. The lowest BCUT2D eigenvalue weighted by Crippen LogP contribution is -2.37. The average molecular weight is 448 g/mol. The van der Waals surface area contributed by atoms with Crippen molar-refractivity contribution in [3.8, 4) is 0 Å². The summed E-state index contributed by atoms with van der Waals surface area (Å²) in [6.07, 6.45) is 2.75. The normalized spacial score (nSPS) is 13.6. The zero-order chi connectivity index (χ0) is 22.1. The van der Waals surface area contributed by atoms with E-state index in [-0.39, 0.29) is 17.2 Å². The smallest absolute Gasteiger partial charge is 0.262 e. The van der Waals surface area contributed by atoms with Crippen LogP contribution in [0.4, 0.5) is 0 Å². The molecule has 7 nitrogen and oxygen atoms in total. The molecule has 0 bridgehead atoms. The Labute approximate surface area is 190 Å². The van der Waals surface area contributed by atoms with Crippen LogP contribution in [0, 0.1) is 0 Å². The van der Waals surface area contributed by atoms with E-state index in [9.17, 15) is 9.59 Å². The number of aryl methyl sites for hydroxylation is 1. The number of hydrogen-bond acceptors (Lipinski definition) is 5. The third-order valence-electron chi connectivity index (χ3n) is 6.02. The number of rotatable bonds is 6. The number of amides is 1. The molecular weight excluding hydrogens is 422 g/mol. The summed E-state index contributed by atoms with van der Waals surface area (Å²) in [5.74, 6) is 0.902. The molecule has 2 aromatic heterocycles. The second kappa shape index (κ2) is 8.78. The Morgan fingerprint density at radius 2 is 1.84 bits per heavy atom. The zero-order valence-corrected chi connectivity index (χ0v) is 18.8. The van der Waals surface area contributed by atoms with Crippen LogP contribution in [-0.4, -0.2) is 42.3 Å². The van der Waals surface area contributed by atoms with Crippen molar-refractivity contribution in [2.75, 3.05) is 12.3 Å². The van der Waals surface area contributed by atoms with Crippen LogP contribution in [0.1, 0.15) is 30.9 Å². The van der Waals surface area contributed by atoms with Gasteiger partial charge in [-0.25, -0.2) is 0 Å². The third kappa shape index (κ3) is 3.68. The molecule has 0 aliphatic carbocycles. The van der Waals surface area contributed by atoms with Gasteiger partial charge in [-0.15, -0.1) is 10.2 Å². The van der Waals surface area contributed by atoms with Crippen molar-refractivity contribution < 1.29 is 4.79 Å². The summed E-state index contributed by atoms with van der Waals surface area (Å²) in [5.41, 5.74) is 3.26. The van der Waals surface area contributed by atoms with Crippen LogP contribution in [0.3, 0.4) is 0 Å². The van der Waals surface area contributed by atoms with Crippen molar-refractivity contribution in [3.63, 3.8) is 0 Å². The molecule has 1 aliphatic rings. The summed E-state index contributed by atoms with van der Waals surface area (Å²) in [5, 5.41) is 9.95. The van der Waals surface area contributed by atoms with E-state index in [4.69, 9.17) is 0 Å². The number of carbonyl (C=O) groups excluding carboxylic acids is 1. The van der Waals surface area contributed by atoms with Crippen LogP contribution < -0.4 is 5.56 Å². The summed E-state index contributed by atoms with van der Waals surface area (Å²) in [4.78, 5) is 27.9. The number of thioether (sulfide) groups is 1. The average Bonchev–Trinajstić information content (AvgIpc) is 3.26. The Morgan fingerprint density at radius 1 is 1.06 bits per heavy atom. The maximum absolute atomic E-state index is 13.0. The molecule has 4 aromatic rings. The van der Waals surface area contributed by atoms with Gasteiger partial charge in [0.25, 0.3) is 5.56 Å². The summed E-state index contributed by atoms with van der Waals surface area (Å²) in [6.45, 7) is 4.07. The highest BCUT2D eigenvalue weighted by Crippen LogP contribution is 2.24. The first-order valence-corrected chi connectivity index (χ1v) is 12.0. The SMILES string of the molecule is CCCCn1c(=O)c2ccccc2n2c(SCC(=O)N3CCc4ccccc4C3)nnc12. The molecule has 0 saturated carbocycles. The van der Waals surface area contributed by atoms with Crippen LogP contribution in [0.2, 0.25) is 0 Å². The second-order valence-corrected chi connectivity index (χ2v) is 9.01. The number of fused-ring (bicyclic) bond motifs is 4. The molecule has 0 radical (unpaired) electrons. The Kier molecular flexibility index (Phi) is 5.70. The molecule has 0 saturated heterocycles. The predicted octanol–water partition coefficient (Wildman–Crippen LogP) is 3.52. The van der Waals surface area contributed by atoms with Gasteiger partial charge in [0, 0.05) is 19.6 Å². The van der Waals surface area contributed by atoms with Gasteiger partial charge in [0.2, 0.25) is 11.7 Å². The van der Waals surface area contributed by atoms with Crippen LogP contribution in [0.15, 0.2) is 58.5 Å². The fourth-order valence-corrected chi connectivity index (χ4v) is 5.11. The molecule has 164 valence electrons. The number of nitrogens with zero attached hydrogens (tertiary/aromatic N) is 5. The van der Waals surface area contributed by atoms with E-state index in [1.165, 1.54) is 22.9 Å². The van der Waals surface area contributed by atoms with E-state index in [0.717, 1.165) is 31.3 Å². The van der Waals surface area contributed by atoms with Gasteiger partial charge in [0.05, 0.1) is 16.7 Å². The molecule has 0 fully saturated rings. The highest BCUT2D eigenvalue weighted by molar-refractivity contribution is 7.99. The minimum atomic E-state index is -0.0476. The predicted molar refractivity (Wildman–Crippen MR) is 126 cm³/mol. The minimum Gasteiger partial charge on any atom is -0.337 e. The summed E-state index contributed by atoms with van der Waals surface area (Å²) < 4.78 is 3.61. The minimum absolute atomic E-state index is 0.0476. The monoisotopic (exact) mass is 447 g/mol. The van der Waals surface area contributed by atoms with Crippen LogP contribution in [0.5, 0.6) is 0 Å². The van der Waals surface area contributed by atoms with Crippen LogP contribution in [-0.2, 0) is 24.3 Å². The lowest BCUT2D eigenvalue weighted by molar-refractivity contribution is -0.129. The number of aromatic nitrogens is 4. The fraction of sp³-hybridized carbons (Fsp3) is 0.333. The molecule has 0 N–H and O–H groups in total. The second-order valence-electron chi connectivity index (χ2n) is 8.07. The van der Waals surface area contributed by atoms with E-state index >= 15 is 0 Å². The first-order valence-electron chi connectivity index (χ1n) is 11.0. The van der Waals surface area contributed by atoms with Crippen molar-refractivity contribution in [1.29, 1.82) is 0 Å². The lowest BCUT2D eigenvalue weighted by Gasteiger charge is -2.28. The van der Waals surface area contributed by atoms with Gasteiger partial charge >= 0.3 is 0 Å². The quantitative estimate of drug-likeness (QED) is 0.423. The van der Waals surface area contributed by atoms with Gasteiger partial charge in [-0.1, -0.05) is 61.5 Å². The first kappa shape index (κ1) is 20.8. The highest BCUT2D eigenvalue weighted by atomic mass is 32.2. The summed E-state index contributed by atoms with van der Waals surface area (Å²) in [7, 11) is 0. The molecule has 1 aliphatic heterocycles. The van der Waals surface area contributed by atoms with Crippen molar-refractivity contribution in [1.82, 2.24) is 24.1 Å². The van der Waals surface area contributed by atoms with Crippen molar-refractivity contribution in [2.24, 2.45) is 0 Å². The molecule has 2 aromatic carbocycles. The van der Waals surface area contributed by atoms with Gasteiger partial charge in [0.1, 0.15) is 0 Å². The summed E-state index contributed by atoms with van der Waals surface area (Å²) in [6, 6.07) is 15.8. The number of hydrogen-bond donors (Lipinski definition) is 0. The van der Waals surface area contributed by atoms with Gasteiger partial charge in [-0.2, -0.15) is 0 Å². The van der Waals surface area contributed by atoms with Crippen LogP contribution in [0.25, 0.3) is 16.7 Å².